The second kappa shape index (κ2) is 7.23. The van der Waals surface area contributed by atoms with Gasteiger partial charge < -0.3 is 5.11 Å². The Kier molecular flexibility index (Phi) is 4.86. The van der Waals surface area contributed by atoms with Crippen molar-refractivity contribution in [3.8, 4) is 5.75 Å². The van der Waals surface area contributed by atoms with Crippen molar-refractivity contribution in [1.82, 2.24) is 0 Å². The summed E-state index contributed by atoms with van der Waals surface area (Å²) in [5.74, 6) is 0.0956. The SMILES string of the molecule is C/C(=N\OC(=O)Nc1cccc(Cl)c1)c1ccc2ccccc2c1O. The van der Waals surface area contributed by atoms with Crippen molar-refractivity contribution in [1.29, 1.82) is 0 Å². The average molecular weight is 355 g/mol. The maximum Gasteiger partial charge on any atom is 0.437 e. The number of hydrogen-bond acceptors (Lipinski definition) is 4. The number of oxime groups is 1. The first-order chi connectivity index (χ1) is 12.0. The molecule has 0 saturated heterocycles. The third kappa shape index (κ3) is 3.89. The Bertz CT molecular complexity index is 970. The van der Waals surface area contributed by atoms with Crippen LogP contribution in [0.3, 0.4) is 0 Å². The summed E-state index contributed by atoms with van der Waals surface area (Å²) in [7, 11) is 0. The molecule has 3 aromatic rings. The van der Waals surface area contributed by atoms with E-state index in [0.717, 1.165) is 5.39 Å². The minimum absolute atomic E-state index is 0.0956. The molecule has 0 radical (unpaired) electrons. The highest BCUT2D eigenvalue weighted by Crippen LogP contribution is 2.29. The van der Waals surface area contributed by atoms with E-state index in [1.807, 2.05) is 30.3 Å². The van der Waals surface area contributed by atoms with Crippen LogP contribution in [0.4, 0.5) is 10.5 Å². The van der Waals surface area contributed by atoms with Gasteiger partial charge in [0.25, 0.3) is 0 Å². The number of benzene rings is 3. The third-order valence-electron chi connectivity index (χ3n) is 3.63. The number of rotatable bonds is 3. The van der Waals surface area contributed by atoms with Crippen molar-refractivity contribution in [2.75, 3.05) is 5.32 Å². The van der Waals surface area contributed by atoms with Gasteiger partial charge in [-0.3, -0.25) is 10.2 Å². The number of fused-ring (bicyclic) bond motifs is 1. The Hall–Kier alpha value is -3.05. The summed E-state index contributed by atoms with van der Waals surface area (Å²) in [5.41, 5.74) is 1.37. The first-order valence-electron chi connectivity index (χ1n) is 7.54. The Morgan fingerprint density at radius 1 is 1.12 bits per heavy atom. The molecule has 0 aliphatic carbocycles. The van der Waals surface area contributed by atoms with E-state index in [9.17, 15) is 9.90 Å². The fourth-order valence-electron chi connectivity index (χ4n) is 2.41. The van der Waals surface area contributed by atoms with Crippen LogP contribution in [0.5, 0.6) is 5.75 Å². The monoisotopic (exact) mass is 354 g/mol. The van der Waals surface area contributed by atoms with Crippen molar-refractivity contribution in [3.05, 3.63) is 71.2 Å². The summed E-state index contributed by atoms with van der Waals surface area (Å²) in [4.78, 5) is 16.7. The smallest absolute Gasteiger partial charge is 0.437 e. The molecule has 0 fully saturated rings. The van der Waals surface area contributed by atoms with Crippen LogP contribution >= 0.6 is 11.6 Å². The lowest BCUT2D eigenvalue weighted by molar-refractivity contribution is 0.166. The van der Waals surface area contributed by atoms with Crippen LogP contribution in [0.1, 0.15) is 12.5 Å². The normalized spacial score (nSPS) is 11.4. The van der Waals surface area contributed by atoms with Crippen molar-refractivity contribution in [2.45, 2.75) is 6.92 Å². The molecule has 25 heavy (non-hydrogen) atoms. The van der Waals surface area contributed by atoms with Gasteiger partial charge >= 0.3 is 6.09 Å². The Balaban J connectivity index is 1.75. The van der Waals surface area contributed by atoms with Gasteiger partial charge in [-0.15, -0.1) is 0 Å². The second-order valence-electron chi connectivity index (χ2n) is 5.37. The van der Waals surface area contributed by atoms with Crippen LogP contribution in [0.25, 0.3) is 10.8 Å². The van der Waals surface area contributed by atoms with E-state index in [1.54, 1.807) is 37.3 Å². The highest BCUT2D eigenvalue weighted by molar-refractivity contribution is 6.30. The molecular weight excluding hydrogens is 340 g/mol. The number of nitrogens with one attached hydrogen (secondary N) is 1. The summed E-state index contributed by atoms with van der Waals surface area (Å²) in [6.45, 7) is 1.65. The molecule has 0 aliphatic rings. The number of carbonyl (C=O) groups is 1. The minimum atomic E-state index is -0.748. The zero-order valence-corrected chi connectivity index (χ0v) is 14.1. The molecular formula is C19H15ClN2O3. The highest BCUT2D eigenvalue weighted by atomic mass is 35.5. The van der Waals surface area contributed by atoms with E-state index in [2.05, 4.69) is 10.5 Å². The zero-order valence-electron chi connectivity index (χ0n) is 13.4. The molecule has 0 atom stereocenters. The highest BCUT2D eigenvalue weighted by Gasteiger charge is 2.10. The second-order valence-corrected chi connectivity index (χ2v) is 5.81. The molecule has 0 spiro atoms. The van der Waals surface area contributed by atoms with Crippen LogP contribution in [-0.4, -0.2) is 16.9 Å². The fourth-order valence-corrected chi connectivity index (χ4v) is 2.60. The summed E-state index contributed by atoms with van der Waals surface area (Å²) in [6.07, 6.45) is -0.748. The number of aromatic hydroxyl groups is 1. The minimum Gasteiger partial charge on any atom is -0.507 e. The summed E-state index contributed by atoms with van der Waals surface area (Å²) in [5, 5.41) is 18.8. The first kappa shape index (κ1) is 16.8. The number of phenols is 1. The number of hydrogen-bond donors (Lipinski definition) is 2. The maximum atomic E-state index is 11.8. The molecule has 3 aromatic carbocycles. The van der Waals surface area contributed by atoms with Gasteiger partial charge in [-0.1, -0.05) is 53.2 Å². The van der Waals surface area contributed by atoms with Crippen molar-refractivity contribution in [3.63, 3.8) is 0 Å². The van der Waals surface area contributed by atoms with Gasteiger partial charge in [-0.25, -0.2) is 4.79 Å². The van der Waals surface area contributed by atoms with Crippen LogP contribution in [0.15, 0.2) is 65.8 Å². The van der Waals surface area contributed by atoms with E-state index in [0.29, 0.717) is 27.4 Å². The van der Waals surface area contributed by atoms with Gasteiger partial charge in [-0.2, -0.15) is 0 Å². The average Bonchev–Trinajstić information content (AvgIpc) is 2.60. The molecule has 0 unspecified atom stereocenters. The van der Waals surface area contributed by atoms with E-state index in [4.69, 9.17) is 16.4 Å². The zero-order chi connectivity index (χ0) is 17.8. The molecule has 0 bridgehead atoms. The molecule has 0 aromatic heterocycles. The van der Waals surface area contributed by atoms with Gasteiger partial charge in [0.1, 0.15) is 5.75 Å². The Labute approximate surface area is 149 Å². The quantitative estimate of drug-likeness (QED) is 0.387. The predicted molar refractivity (Wildman–Crippen MR) is 99.4 cm³/mol. The number of anilines is 1. The molecule has 3 rings (SSSR count). The van der Waals surface area contributed by atoms with Gasteiger partial charge in [-0.05, 0) is 36.6 Å². The van der Waals surface area contributed by atoms with Crippen molar-refractivity contribution >= 4 is 39.9 Å². The summed E-state index contributed by atoms with van der Waals surface area (Å²) in [6, 6.07) is 17.7. The molecule has 2 N–H and O–H groups in total. The lowest BCUT2D eigenvalue weighted by Gasteiger charge is -2.08. The summed E-state index contributed by atoms with van der Waals surface area (Å²) < 4.78 is 0. The van der Waals surface area contributed by atoms with Gasteiger partial charge in [0.2, 0.25) is 0 Å². The third-order valence-corrected chi connectivity index (χ3v) is 3.86. The largest absolute Gasteiger partial charge is 0.507 e. The van der Waals surface area contributed by atoms with Crippen LogP contribution in [0.2, 0.25) is 5.02 Å². The van der Waals surface area contributed by atoms with E-state index >= 15 is 0 Å². The predicted octanol–water partition coefficient (Wildman–Crippen LogP) is 5.17. The molecule has 0 saturated carbocycles. The lowest BCUT2D eigenvalue weighted by atomic mass is 10.0. The number of amides is 1. The molecule has 0 aliphatic heterocycles. The van der Waals surface area contributed by atoms with Crippen LogP contribution in [-0.2, 0) is 4.84 Å². The van der Waals surface area contributed by atoms with Crippen molar-refractivity contribution in [2.24, 2.45) is 5.16 Å². The molecule has 5 nitrogen and oxygen atoms in total. The van der Waals surface area contributed by atoms with Crippen LogP contribution < -0.4 is 5.32 Å². The number of halogens is 1. The van der Waals surface area contributed by atoms with Crippen molar-refractivity contribution < 1.29 is 14.7 Å². The van der Waals surface area contributed by atoms with E-state index in [-0.39, 0.29) is 5.75 Å². The first-order valence-corrected chi connectivity index (χ1v) is 7.91. The topological polar surface area (TPSA) is 70.9 Å². The number of carbonyl (C=O) groups excluding carboxylic acids is 1. The maximum absolute atomic E-state index is 11.8. The fraction of sp³-hybridized carbons (Fsp3) is 0.0526. The molecule has 126 valence electrons. The Morgan fingerprint density at radius 2 is 1.92 bits per heavy atom. The van der Waals surface area contributed by atoms with Gasteiger partial charge in [0.15, 0.2) is 0 Å². The van der Waals surface area contributed by atoms with Gasteiger partial charge in [0.05, 0.1) is 5.71 Å². The standard InChI is InChI=1S/C19H15ClN2O3/c1-12(16-10-9-13-5-2-3-8-17(13)18(16)23)22-25-19(24)21-15-7-4-6-14(20)11-15/h2-11,23H,1H3,(H,21,24)/b22-12+. The van der Waals surface area contributed by atoms with Gasteiger partial charge in [0, 0.05) is 21.7 Å². The number of phenolic OH excluding ortho intramolecular Hbond substituents is 1. The van der Waals surface area contributed by atoms with Crippen LogP contribution in [0, 0.1) is 0 Å². The lowest BCUT2D eigenvalue weighted by Crippen LogP contribution is -2.12. The Morgan fingerprint density at radius 3 is 2.72 bits per heavy atom. The van der Waals surface area contributed by atoms with E-state index in [1.165, 1.54) is 0 Å². The molecule has 6 heteroatoms. The summed E-state index contributed by atoms with van der Waals surface area (Å²) >= 11 is 5.85. The number of nitrogens with zero attached hydrogens (tertiary/aromatic N) is 1. The molecule has 0 heterocycles. The van der Waals surface area contributed by atoms with E-state index < -0.39 is 6.09 Å². The molecule has 1 amide bonds.